The third-order valence-electron chi connectivity index (χ3n) is 2.50. The number of halogens is 1. The molecule has 0 radical (unpaired) electrons. The maximum Gasteiger partial charge on any atom is 0.134 e. The van der Waals surface area contributed by atoms with Gasteiger partial charge in [0.2, 0.25) is 0 Å². The molecule has 0 unspecified atom stereocenters. The van der Waals surface area contributed by atoms with Crippen molar-refractivity contribution >= 4 is 11.6 Å². The van der Waals surface area contributed by atoms with Gasteiger partial charge < -0.3 is 0 Å². The van der Waals surface area contributed by atoms with Crippen LogP contribution in [0.1, 0.15) is 30.9 Å². The van der Waals surface area contributed by atoms with Crippen LogP contribution in [0, 0.1) is 5.92 Å². The van der Waals surface area contributed by atoms with E-state index in [1.165, 1.54) is 0 Å². The van der Waals surface area contributed by atoms with Crippen molar-refractivity contribution in [2.45, 2.75) is 26.7 Å². The first kappa shape index (κ1) is 13.0. The van der Waals surface area contributed by atoms with Crippen molar-refractivity contribution in [3.63, 3.8) is 0 Å². The summed E-state index contributed by atoms with van der Waals surface area (Å²) in [6.45, 7) is 4.33. The summed E-state index contributed by atoms with van der Waals surface area (Å²) in [7, 11) is 0. The molecule has 0 saturated carbocycles. The molecule has 94 valence electrons. The van der Waals surface area contributed by atoms with E-state index in [1.54, 1.807) is 6.20 Å². The molecule has 2 aromatic rings. The fourth-order valence-corrected chi connectivity index (χ4v) is 2.03. The van der Waals surface area contributed by atoms with Gasteiger partial charge >= 0.3 is 0 Å². The Kier molecular flexibility index (Phi) is 4.26. The van der Waals surface area contributed by atoms with Gasteiger partial charge in [0.1, 0.15) is 11.0 Å². The van der Waals surface area contributed by atoms with Crippen LogP contribution in [0.25, 0.3) is 0 Å². The second-order valence-corrected chi connectivity index (χ2v) is 5.12. The van der Waals surface area contributed by atoms with Crippen LogP contribution in [0.15, 0.2) is 30.6 Å². The fraction of sp³-hybridized carbons (Fsp3) is 0.357. The second kappa shape index (κ2) is 5.91. The van der Waals surface area contributed by atoms with Crippen LogP contribution in [-0.2, 0) is 12.8 Å². The molecule has 0 amide bonds. The normalized spacial score (nSPS) is 10.9. The third-order valence-corrected chi connectivity index (χ3v) is 2.69. The van der Waals surface area contributed by atoms with Crippen LogP contribution in [0.2, 0.25) is 5.15 Å². The van der Waals surface area contributed by atoms with Crippen molar-refractivity contribution in [1.82, 2.24) is 15.0 Å². The Bertz CT molecular complexity index is 512. The van der Waals surface area contributed by atoms with Gasteiger partial charge in [-0.1, -0.05) is 31.5 Å². The molecular weight excluding hydrogens is 246 g/mol. The highest BCUT2D eigenvalue weighted by Crippen LogP contribution is 2.13. The molecule has 2 heterocycles. The molecule has 3 nitrogen and oxygen atoms in total. The van der Waals surface area contributed by atoms with E-state index in [0.29, 0.717) is 17.5 Å². The number of hydrogen-bond donors (Lipinski definition) is 0. The molecule has 0 aliphatic rings. The van der Waals surface area contributed by atoms with E-state index in [4.69, 9.17) is 11.6 Å². The van der Waals surface area contributed by atoms with E-state index >= 15 is 0 Å². The van der Waals surface area contributed by atoms with Crippen molar-refractivity contribution < 1.29 is 0 Å². The molecule has 18 heavy (non-hydrogen) atoms. The molecule has 2 rings (SSSR count). The number of rotatable bonds is 4. The Balaban J connectivity index is 2.20. The first-order valence-electron chi connectivity index (χ1n) is 6.04. The van der Waals surface area contributed by atoms with Crippen molar-refractivity contribution in [1.29, 1.82) is 0 Å². The monoisotopic (exact) mass is 261 g/mol. The first-order valence-corrected chi connectivity index (χ1v) is 6.42. The number of hydrogen-bond acceptors (Lipinski definition) is 3. The Morgan fingerprint density at radius 1 is 1.28 bits per heavy atom. The molecule has 0 N–H and O–H groups in total. The summed E-state index contributed by atoms with van der Waals surface area (Å²) in [6.07, 6.45) is 5.17. The molecule has 0 aromatic carbocycles. The van der Waals surface area contributed by atoms with Crippen LogP contribution in [-0.4, -0.2) is 15.0 Å². The molecule has 2 aromatic heterocycles. The zero-order valence-corrected chi connectivity index (χ0v) is 11.4. The van der Waals surface area contributed by atoms with Crippen molar-refractivity contribution in [3.05, 3.63) is 52.8 Å². The van der Waals surface area contributed by atoms with Gasteiger partial charge in [0, 0.05) is 24.5 Å². The lowest BCUT2D eigenvalue weighted by atomic mass is 10.1. The lowest BCUT2D eigenvalue weighted by Gasteiger charge is -2.07. The Morgan fingerprint density at radius 3 is 2.78 bits per heavy atom. The molecule has 0 aliphatic carbocycles. The molecule has 0 aliphatic heterocycles. The van der Waals surface area contributed by atoms with Gasteiger partial charge in [0.25, 0.3) is 0 Å². The average Bonchev–Trinajstić information content (AvgIpc) is 2.28. The van der Waals surface area contributed by atoms with Gasteiger partial charge in [-0.2, -0.15) is 0 Å². The molecule has 0 saturated heterocycles. The minimum Gasteiger partial charge on any atom is -0.264 e. The SMILES string of the molecule is CC(C)Cc1cc(Cl)nc(Cc2cccnc2)n1. The highest BCUT2D eigenvalue weighted by atomic mass is 35.5. The van der Waals surface area contributed by atoms with E-state index in [-0.39, 0.29) is 0 Å². The molecule has 0 fully saturated rings. The predicted octanol–water partition coefficient (Wildman–Crippen LogP) is 3.31. The summed E-state index contributed by atoms with van der Waals surface area (Å²) in [6, 6.07) is 5.77. The van der Waals surface area contributed by atoms with E-state index in [9.17, 15) is 0 Å². The maximum atomic E-state index is 6.03. The van der Waals surface area contributed by atoms with E-state index in [2.05, 4.69) is 28.8 Å². The standard InChI is InChI=1S/C14H16ClN3/c1-10(2)6-12-8-13(15)18-14(17-12)7-11-4-3-5-16-9-11/h3-5,8-10H,6-7H2,1-2H3. The fourth-order valence-electron chi connectivity index (χ4n) is 1.80. The maximum absolute atomic E-state index is 6.03. The average molecular weight is 262 g/mol. The summed E-state index contributed by atoms with van der Waals surface area (Å²) in [5.41, 5.74) is 2.10. The van der Waals surface area contributed by atoms with Gasteiger partial charge in [-0.25, -0.2) is 9.97 Å². The first-order chi connectivity index (χ1) is 8.63. The number of nitrogens with zero attached hydrogens (tertiary/aromatic N) is 3. The minimum absolute atomic E-state index is 0.513. The van der Waals surface area contributed by atoms with Gasteiger partial charge in [-0.05, 0) is 30.0 Å². The quantitative estimate of drug-likeness (QED) is 0.793. The number of pyridine rings is 1. The third kappa shape index (κ3) is 3.77. The summed E-state index contributed by atoms with van der Waals surface area (Å²) >= 11 is 6.03. The summed E-state index contributed by atoms with van der Waals surface area (Å²) in [5, 5.41) is 0.513. The molecule has 0 bridgehead atoms. The Morgan fingerprint density at radius 2 is 2.11 bits per heavy atom. The smallest absolute Gasteiger partial charge is 0.134 e. The lowest BCUT2D eigenvalue weighted by Crippen LogP contribution is -2.04. The van der Waals surface area contributed by atoms with E-state index < -0.39 is 0 Å². The van der Waals surface area contributed by atoms with Gasteiger partial charge in [-0.3, -0.25) is 4.98 Å². The van der Waals surface area contributed by atoms with E-state index in [0.717, 1.165) is 23.5 Å². The summed E-state index contributed by atoms with van der Waals surface area (Å²) < 4.78 is 0. The predicted molar refractivity (Wildman–Crippen MR) is 72.6 cm³/mol. The van der Waals surface area contributed by atoms with Gasteiger partial charge in [-0.15, -0.1) is 0 Å². The topological polar surface area (TPSA) is 38.7 Å². The summed E-state index contributed by atoms with van der Waals surface area (Å²) in [5.74, 6) is 1.31. The van der Waals surface area contributed by atoms with Crippen LogP contribution in [0.3, 0.4) is 0 Å². The zero-order valence-electron chi connectivity index (χ0n) is 10.6. The highest BCUT2D eigenvalue weighted by Gasteiger charge is 2.06. The van der Waals surface area contributed by atoms with Crippen LogP contribution < -0.4 is 0 Å². The van der Waals surface area contributed by atoms with Crippen LogP contribution >= 0.6 is 11.6 Å². The lowest BCUT2D eigenvalue weighted by molar-refractivity contribution is 0.631. The molecule has 4 heteroatoms. The minimum atomic E-state index is 0.513. The van der Waals surface area contributed by atoms with Crippen molar-refractivity contribution in [2.75, 3.05) is 0 Å². The van der Waals surface area contributed by atoms with E-state index in [1.807, 2.05) is 24.4 Å². The Labute approximate surface area is 112 Å². The molecule has 0 spiro atoms. The van der Waals surface area contributed by atoms with Crippen molar-refractivity contribution in [2.24, 2.45) is 5.92 Å². The van der Waals surface area contributed by atoms with Crippen LogP contribution in [0.5, 0.6) is 0 Å². The highest BCUT2D eigenvalue weighted by molar-refractivity contribution is 6.29. The second-order valence-electron chi connectivity index (χ2n) is 4.73. The van der Waals surface area contributed by atoms with Crippen LogP contribution in [0.4, 0.5) is 0 Å². The zero-order chi connectivity index (χ0) is 13.0. The number of aromatic nitrogens is 3. The van der Waals surface area contributed by atoms with Gasteiger partial charge in [0.15, 0.2) is 0 Å². The van der Waals surface area contributed by atoms with Gasteiger partial charge in [0.05, 0.1) is 0 Å². The molecular formula is C14H16ClN3. The molecule has 0 atom stereocenters. The van der Waals surface area contributed by atoms with Crippen molar-refractivity contribution in [3.8, 4) is 0 Å². The summed E-state index contributed by atoms with van der Waals surface area (Å²) in [4.78, 5) is 12.9. The largest absolute Gasteiger partial charge is 0.264 e. The Hall–Kier alpha value is -1.48.